The van der Waals surface area contributed by atoms with Crippen LogP contribution < -0.4 is 10.0 Å². The van der Waals surface area contributed by atoms with Crippen LogP contribution in [-0.2, 0) is 19.6 Å². The van der Waals surface area contributed by atoms with Gasteiger partial charge in [0.1, 0.15) is 18.0 Å². The molecule has 0 bridgehead atoms. The molecular formula is C25H24Cl2N4O4S. The Morgan fingerprint density at radius 2 is 1.75 bits per heavy atom. The lowest BCUT2D eigenvalue weighted by Crippen LogP contribution is -2.39. The van der Waals surface area contributed by atoms with Crippen molar-refractivity contribution in [1.82, 2.24) is 9.55 Å². The number of hydrogen-bond donors (Lipinski definition) is 1. The summed E-state index contributed by atoms with van der Waals surface area (Å²) in [6.45, 7) is 4.58. The van der Waals surface area contributed by atoms with Gasteiger partial charge in [-0.2, -0.15) is 0 Å². The fourth-order valence-electron chi connectivity index (χ4n) is 3.66. The number of esters is 1. The van der Waals surface area contributed by atoms with Gasteiger partial charge in [-0.25, -0.2) is 13.4 Å². The standard InChI is InChI=1S/C25H24Cl2N4O4S/c1-25(2,3)35-24(32)15-31(36(33,34)21-12-17(26)11-18(27)13-21)20-4-5-22-16(10-20)7-9-30(22)23-14-19(28)6-8-29-23/h4-14H,15H2,1-3H3,(H2,28,29). The number of rotatable bonds is 6. The van der Waals surface area contributed by atoms with Crippen LogP contribution in [0.15, 0.2) is 71.9 Å². The summed E-state index contributed by atoms with van der Waals surface area (Å²) in [5.41, 5.74) is 6.71. The first kappa shape index (κ1) is 25.8. The van der Waals surface area contributed by atoms with Crippen LogP contribution in [0.5, 0.6) is 0 Å². The summed E-state index contributed by atoms with van der Waals surface area (Å²) in [7, 11) is -4.24. The summed E-state index contributed by atoms with van der Waals surface area (Å²) < 4.78 is 35.6. The maximum Gasteiger partial charge on any atom is 0.327 e. The molecule has 4 aromatic rings. The van der Waals surface area contributed by atoms with Gasteiger partial charge in [-0.1, -0.05) is 23.2 Å². The zero-order valence-electron chi connectivity index (χ0n) is 19.8. The van der Waals surface area contributed by atoms with Gasteiger partial charge in [0.2, 0.25) is 0 Å². The first-order valence-electron chi connectivity index (χ1n) is 10.9. The van der Waals surface area contributed by atoms with Crippen LogP contribution >= 0.6 is 23.2 Å². The number of carbonyl (C=O) groups excluding carboxylic acids is 1. The van der Waals surface area contributed by atoms with Crippen molar-refractivity contribution in [2.75, 3.05) is 16.6 Å². The number of nitrogen functional groups attached to an aromatic ring is 1. The maximum atomic E-state index is 13.7. The SMILES string of the molecule is CC(C)(C)OC(=O)CN(c1ccc2c(ccn2-c2cc(N)ccn2)c1)S(=O)(=O)c1cc(Cl)cc(Cl)c1. The molecule has 0 unspecified atom stereocenters. The molecular weight excluding hydrogens is 523 g/mol. The number of carbonyl (C=O) groups is 1. The molecule has 0 saturated carbocycles. The second-order valence-electron chi connectivity index (χ2n) is 9.08. The van der Waals surface area contributed by atoms with E-state index in [0.29, 0.717) is 11.5 Å². The zero-order chi connectivity index (χ0) is 26.3. The van der Waals surface area contributed by atoms with E-state index >= 15 is 0 Å². The third kappa shape index (κ3) is 5.59. The van der Waals surface area contributed by atoms with Gasteiger partial charge in [-0.15, -0.1) is 0 Å². The zero-order valence-corrected chi connectivity index (χ0v) is 22.1. The highest BCUT2D eigenvalue weighted by Gasteiger charge is 2.30. The molecule has 0 aliphatic rings. The van der Waals surface area contributed by atoms with E-state index < -0.39 is 28.1 Å². The van der Waals surface area contributed by atoms with Crippen molar-refractivity contribution in [3.05, 3.63) is 77.0 Å². The van der Waals surface area contributed by atoms with E-state index in [1.54, 1.807) is 63.5 Å². The highest BCUT2D eigenvalue weighted by molar-refractivity contribution is 7.92. The number of benzene rings is 2. The summed E-state index contributed by atoms with van der Waals surface area (Å²) in [5.74, 6) is -0.0922. The second-order valence-corrected chi connectivity index (χ2v) is 11.8. The van der Waals surface area contributed by atoms with Crippen LogP contribution in [0.1, 0.15) is 20.8 Å². The lowest BCUT2D eigenvalue weighted by atomic mass is 10.2. The molecule has 2 aromatic carbocycles. The minimum Gasteiger partial charge on any atom is -0.459 e. The van der Waals surface area contributed by atoms with Gasteiger partial charge in [-0.3, -0.25) is 9.10 Å². The maximum absolute atomic E-state index is 13.7. The molecule has 36 heavy (non-hydrogen) atoms. The second kappa shape index (κ2) is 9.65. The normalized spacial score (nSPS) is 12.0. The number of fused-ring (bicyclic) bond motifs is 1. The van der Waals surface area contributed by atoms with Crippen LogP contribution in [-0.4, -0.2) is 36.1 Å². The highest BCUT2D eigenvalue weighted by atomic mass is 35.5. The van der Waals surface area contributed by atoms with Crippen LogP contribution in [0.25, 0.3) is 16.7 Å². The molecule has 0 radical (unpaired) electrons. The van der Waals surface area contributed by atoms with Gasteiger partial charge in [0.25, 0.3) is 10.0 Å². The number of nitrogens with zero attached hydrogens (tertiary/aromatic N) is 3. The third-order valence-electron chi connectivity index (χ3n) is 5.09. The Kier molecular flexibility index (Phi) is 6.92. The molecule has 0 atom stereocenters. The summed E-state index contributed by atoms with van der Waals surface area (Å²) in [4.78, 5) is 16.9. The molecule has 4 rings (SSSR count). The third-order valence-corrected chi connectivity index (χ3v) is 7.28. The van der Waals surface area contributed by atoms with Crippen molar-refractivity contribution < 1.29 is 17.9 Å². The van der Waals surface area contributed by atoms with E-state index in [9.17, 15) is 13.2 Å². The molecule has 0 spiro atoms. The van der Waals surface area contributed by atoms with Crippen LogP contribution in [0.3, 0.4) is 0 Å². The largest absolute Gasteiger partial charge is 0.459 e. The van der Waals surface area contributed by atoms with E-state index in [-0.39, 0.29) is 20.6 Å². The van der Waals surface area contributed by atoms with Crippen LogP contribution in [0.4, 0.5) is 11.4 Å². The van der Waals surface area contributed by atoms with Gasteiger partial charge in [-0.05, 0) is 69.3 Å². The Morgan fingerprint density at radius 3 is 2.39 bits per heavy atom. The molecule has 2 aromatic heterocycles. The van der Waals surface area contributed by atoms with E-state index in [1.807, 2.05) is 10.6 Å². The Hall–Kier alpha value is -3.27. The van der Waals surface area contributed by atoms with Crippen molar-refractivity contribution in [1.29, 1.82) is 0 Å². The fourth-order valence-corrected chi connectivity index (χ4v) is 5.79. The first-order valence-corrected chi connectivity index (χ1v) is 13.1. The Labute approximate surface area is 219 Å². The Bertz CT molecular complexity index is 1540. The Morgan fingerprint density at radius 1 is 1.06 bits per heavy atom. The monoisotopic (exact) mass is 546 g/mol. The number of sulfonamides is 1. The predicted molar refractivity (Wildman–Crippen MR) is 142 cm³/mol. The van der Waals surface area contributed by atoms with E-state index in [1.165, 1.54) is 18.2 Å². The molecule has 11 heteroatoms. The number of ether oxygens (including phenoxy) is 1. The molecule has 8 nitrogen and oxygen atoms in total. The van der Waals surface area contributed by atoms with Crippen LogP contribution in [0, 0.1) is 0 Å². The summed E-state index contributed by atoms with van der Waals surface area (Å²) in [6, 6.07) is 14.3. The number of halogens is 2. The van der Waals surface area contributed by atoms with Crippen molar-refractivity contribution in [2.45, 2.75) is 31.3 Å². The van der Waals surface area contributed by atoms with Gasteiger partial charge in [0, 0.05) is 39.6 Å². The van der Waals surface area contributed by atoms with Crippen molar-refractivity contribution in [3.8, 4) is 5.82 Å². The van der Waals surface area contributed by atoms with Crippen molar-refractivity contribution >= 4 is 61.5 Å². The Balaban J connectivity index is 1.81. The minimum atomic E-state index is -4.24. The number of anilines is 2. The van der Waals surface area contributed by atoms with Crippen LogP contribution in [0.2, 0.25) is 10.0 Å². The average molecular weight is 547 g/mol. The lowest BCUT2D eigenvalue weighted by Gasteiger charge is -2.26. The molecule has 188 valence electrons. The molecule has 0 amide bonds. The van der Waals surface area contributed by atoms with Crippen molar-refractivity contribution in [3.63, 3.8) is 0 Å². The van der Waals surface area contributed by atoms with Gasteiger partial charge in [0.05, 0.1) is 16.1 Å². The summed E-state index contributed by atoms with van der Waals surface area (Å²) in [5, 5.41) is 1.03. The van der Waals surface area contributed by atoms with Gasteiger partial charge < -0.3 is 15.0 Å². The average Bonchev–Trinajstić information content (AvgIpc) is 3.19. The minimum absolute atomic E-state index is 0.148. The van der Waals surface area contributed by atoms with Crippen molar-refractivity contribution in [2.24, 2.45) is 0 Å². The quantitative estimate of drug-likeness (QED) is 0.322. The number of pyridine rings is 1. The number of nitrogens with two attached hydrogens (primary N) is 1. The fraction of sp³-hybridized carbons (Fsp3) is 0.200. The molecule has 0 saturated heterocycles. The molecule has 0 aliphatic carbocycles. The smallest absolute Gasteiger partial charge is 0.327 e. The molecule has 0 aliphatic heterocycles. The number of aromatic nitrogens is 2. The summed E-state index contributed by atoms with van der Waals surface area (Å²) >= 11 is 12.1. The number of hydrogen-bond acceptors (Lipinski definition) is 6. The van der Waals surface area contributed by atoms with E-state index in [2.05, 4.69) is 4.98 Å². The van der Waals surface area contributed by atoms with Gasteiger partial charge in [0.15, 0.2) is 0 Å². The lowest BCUT2D eigenvalue weighted by molar-refractivity contribution is -0.152. The molecule has 0 fully saturated rings. The first-order chi connectivity index (χ1) is 16.8. The predicted octanol–water partition coefficient (Wildman–Crippen LogP) is 5.45. The van der Waals surface area contributed by atoms with E-state index in [0.717, 1.165) is 15.2 Å². The summed E-state index contributed by atoms with van der Waals surface area (Å²) in [6.07, 6.45) is 3.41. The van der Waals surface area contributed by atoms with Gasteiger partial charge >= 0.3 is 5.97 Å². The van der Waals surface area contributed by atoms with E-state index in [4.69, 9.17) is 33.7 Å². The highest BCUT2D eigenvalue weighted by Crippen LogP contribution is 2.31. The topological polar surface area (TPSA) is 108 Å². The molecule has 2 N–H and O–H groups in total. The molecule has 2 heterocycles.